The van der Waals surface area contributed by atoms with Gasteiger partial charge in [0.15, 0.2) is 5.82 Å². The lowest BCUT2D eigenvalue weighted by molar-refractivity contribution is 0.0950. The number of alkyl halides is 1. The van der Waals surface area contributed by atoms with Crippen molar-refractivity contribution in [2.45, 2.75) is 4.95 Å². The van der Waals surface area contributed by atoms with E-state index >= 15 is 0 Å². The molecule has 0 radical (unpaired) electrons. The van der Waals surface area contributed by atoms with Gasteiger partial charge in [0.1, 0.15) is 10.8 Å². The van der Waals surface area contributed by atoms with Gasteiger partial charge in [0.25, 0.3) is 5.91 Å². The maximum absolute atomic E-state index is 14.9. The van der Waals surface area contributed by atoms with Gasteiger partial charge in [-0.1, -0.05) is 45.7 Å². The molecule has 0 spiro atoms. The lowest BCUT2D eigenvalue weighted by Crippen LogP contribution is -2.26. The second-order valence-electron chi connectivity index (χ2n) is 5.66. The maximum atomic E-state index is 14.9. The highest BCUT2D eigenvalue weighted by atomic mass is 79.9. The molecule has 1 amide bonds. The molecule has 0 aliphatic carbocycles. The first-order valence-electron chi connectivity index (χ1n) is 7.96. The largest absolute Gasteiger partial charge is 0.353 e. The number of carbonyl (C=O) groups is 1. The van der Waals surface area contributed by atoms with Crippen LogP contribution in [-0.2, 0) is 0 Å². The van der Waals surface area contributed by atoms with Crippen LogP contribution in [0.5, 0.6) is 0 Å². The van der Waals surface area contributed by atoms with Crippen molar-refractivity contribution in [3.8, 4) is 0 Å². The average Bonchev–Trinajstić information content (AvgIpc) is 2.66. The first-order valence-corrected chi connectivity index (χ1v) is 9.25. The molecule has 1 unspecified atom stereocenters. The van der Waals surface area contributed by atoms with E-state index in [1.165, 1.54) is 6.07 Å². The van der Waals surface area contributed by atoms with Crippen LogP contribution in [0.2, 0.25) is 5.02 Å². The van der Waals surface area contributed by atoms with E-state index in [0.717, 1.165) is 6.07 Å². The molecule has 0 bridgehead atoms. The van der Waals surface area contributed by atoms with Crippen molar-refractivity contribution in [2.24, 2.45) is 0 Å². The summed E-state index contributed by atoms with van der Waals surface area (Å²) in [7, 11) is 0. The number of halogens is 4. The zero-order valence-electron chi connectivity index (χ0n) is 13.8. The Hall–Kier alpha value is -2.44. The van der Waals surface area contributed by atoms with Crippen molar-refractivity contribution in [3.63, 3.8) is 0 Å². The Morgan fingerprint density at radius 2 is 1.63 bits per heavy atom. The summed E-state index contributed by atoms with van der Waals surface area (Å²) in [5, 5.41) is 5.96. The Kier molecular flexibility index (Phi) is 6.08. The first kappa shape index (κ1) is 19.3. The summed E-state index contributed by atoms with van der Waals surface area (Å²) >= 11 is 8.99. The van der Waals surface area contributed by atoms with E-state index in [4.69, 9.17) is 11.6 Å². The molecule has 7 heteroatoms. The lowest BCUT2D eigenvalue weighted by atomic mass is 10.1. The quantitative estimate of drug-likeness (QED) is 0.359. The monoisotopic (exact) mass is 450 g/mol. The summed E-state index contributed by atoms with van der Waals surface area (Å²) in [4.78, 5) is 11.2. The topological polar surface area (TPSA) is 41.1 Å². The maximum Gasteiger partial charge on any atom is 0.252 e. The van der Waals surface area contributed by atoms with Gasteiger partial charge in [0.2, 0.25) is 0 Å². The van der Waals surface area contributed by atoms with Gasteiger partial charge in [0.05, 0.1) is 11.3 Å². The molecule has 3 aromatic rings. The van der Waals surface area contributed by atoms with E-state index in [1.54, 1.807) is 54.6 Å². The molecular formula is C20H14BrClF2N2O. The van der Waals surface area contributed by atoms with Crippen molar-refractivity contribution < 1.29 is 13.6 Å². The summed E-state index contributed by atoms with van der Waals surface area (Å²) < 4.78 is 29.2. The second-order valence-corrected chi connectivity index (χ2v) is 7.01. The normalized spacial score (nSPS) is 11.7. The molecule has 0 aromatic heterocycles. The third-order valence-corrected chi connectivity index (χ3v) is 4.74. The number of amides is 1. The van der Waals surface area contributed by atoms with E-state index in [9.17, 15) is 13.6 Å². The van der Waals surface area contributed by atoms with E-state index in [0.29, 0.717) is 16.3 Å². The minimum absolute atomic E-state index is 0.0760. The summed E-state index contributed by atoms with van der Waals surface area (Å²) in [6.07, 6.45) is 0. The van der Waals surface area contributed by atoms with Crippen LogP contribution in [0.1, 0.15) is 20.9 Å². The van der Waals surface area contributed by atoms with Crippen LogP contribution in [0.4, 0.5) is 20.2 Å². The molecule has 0 heterocycles. The minimum Gasteiger partial charge on any atom is -0.353 e. The van der Waals surface area contributed by atoms with Gasteiger partial charge >= 0.3 is 0 Å². The van der Waals surface area contributed by atoms with Crippen LogP contribution in [0.3, 0.4) is 0 Å². The predicted octanol–water partition coefficient (Wildman–Crippen LogP) is 6.19. The molecule has 1 atom stereocenters. The molecule has 3 rings (SSSR count). The number of rotatable bonds is 5. The Morgan fingerprint density at radius 1 is 0.963 bits per heavy atom. The van der Waals surface area contributed by atoms with Gasteiger partial charge < -0.3 is 10.6 Å². The van der Waals surface area contributed by atoms with Crippen LogP contribution >= 0.6 is 27.5 Å². The van der Waals surface area contributed by atoms with Gasteiger partial charge in [-0.15, -0.1) is 0 Å². The zero-order chi connectivity index (χ0) is 19.4. The number of benzene rings is 3. The molecule has 0 aliphatic heterocycles. The standard InChI is InChI=1S/C20H14BrClF2N2O/c21-19(26-20(27)12-4-2-1-3-5-12)17-15(23)10-11-16(18(17)24)25-14-8-6-13(22)7-9-14/h1-11,19,25H,(H,26,27). The highest BCUT2D eigenvalue weighted by molar-refractivity contribution is 9.09. The summed E-state index contributed by atoms with van der Waals surface area (Å²) in [5.41, 5.74) is 0.763. The number of carbonyl (C=O) groups excluding carboxylic acids is 1. The van der Waals surface area contributed by atoms with Crippen LogP contribution in [0.15, 0.2) is 66.7 Å². The Labute approximate surface area is 168 Å². The summed E-state index contributed by atoms with van der Waals surface area (Å²) in [6, 6.07) is 17.5. The Bertz CT molecular complexity index is 952. The number of hydrogen-bond acceptors (Lipinski definition) is 2. The number of anilines is 2. The molecule has 27 heavy (non-hydrogen) atoms. The van der Waals surface area contributed by atoms with E-state index in [2.05, 4.69) is 26.6 Å². The van der Waals surface area contributed by atoms with Crippen molar-refractivity contribution in [3.05, 3.63) is 94.5 Å². The zero-order valence-corrected chi connectivity index (χ0v) is 16.2. The molecule has 138 valence electrons. The molecule has 0 saturated carbocycles. The first-order chi connectivity index (χ1) is 13.0. The Balaban J connectivity index is 1.84. The van der Waals surface area contributed by atoms with Gasteiger partial charge in [-0.2, -0.15) is 0 Å². The fraction of sp³-hybridized carbons (Fsp3) is 0.0500. The smallest absolute Gasteiger partial charge is 0.252 e. The lowest BCUT2D eigenvalue weighted by Gasteiger charge is -2.17. The van der Waals surface area contributed by atoms with E-state index in [1.807, 2.05) is 0 Å². The van der Waals surface area contributed by atoms with Crippen LogP contribution in [0.25, 0.3) is 0 Å². The van der Waals surface area contributed by atoms with Crippen molar-refractivity contribution in [1.29, 1.82) is 0 Å². The number of hydrogen-bond donors (Lipinski definition) is 2. The molecule has 3 aromatic carbocycles. The SMILES string of the molecule is O=C(NC(Br)c1c(F)ccc(Nc2ccc(Cl)cc2)c1F)c1ccccc1. The van der Waals surface area contributed by atoms with Crippen LogP contribution in [0, 0.1) is 11.6 Å². The van der Waals surface area contributed by atoms with Crippen LogP contribution in [-0.4, -0.2) is 5.91 Å². The van der Waals surface area contributed by atoms with Crippen LogP contribution < -0.4 is 10.6 Å². The molecular weight excluding hydrogens is 438 g/mol. The predicted molar refractivity (Wildman–Crippen MR) is 107 cm³/mol. The highest BCUT2D eigenvalue weighted by Crippen LogP contribution is 2.32. The molecule has 2 N–H and O–H groups in total. The van der Waals surface area contributed by atoms with Gasteiger partial charge in [-0.3, -0.25) is 4.79 Å². The van der Waals surface area contributed by atoms with Gasteiger partial charge in [-0.05, 0) is 48.5 Å². The van der Waals surface area contributed by atoms with Crippen molar-refractivity contribution in [1.82, 2.24) is 5.32 Å². The fourth-order valence-electron chi connectivity index (χ4n) is 2.45. The molecule has 0 aliphatic rings. The number of nitrogens with one attached hydrogen (secondary N) is 2. The minimum atomic E-state index is -1.04. The Morgan fingerprint density at radius 3 is 2.30 bits per heavy atom. The third-order valence-electron chi connectivity index (χ3n) is 3.80. The molecule has 3 nitrogen and oxygen atoms in total. The third kappa shape index (κ3) is 4.64. The highest BCUT2D eigenvalue weighted by Gasteiger charge is 2.22. The fourth-order valence-corrected chi connectivity index (χ4v) is 3.20. The summed E-state index contributed by atoms with van der Waals surface area (Å²) in [5.74, 6) is -2.03. The van der Waals surface area contributed by atoms with Crippen molar-refractivity contribution in [2.75, 3.05) is 5.32 Å². The molecule has 0 fully saturated rings. The van der Waals surface area contributed by atoms with E-state index in [-0.39, 0.29) is 11.3 Å². The molecule has 0 saturated heterocycles. The van der Waals surface area contributed by atoms with Crippen molar-refractivity contribution >= 4 is 44.8 Å². The van der Waals surface area contributed by atoms with Gasteiger partial charge in [0, 0.05) is 16.3 Å². The van der Waals surface area contributed by atoms with Gasteiger partial charge in [-0.25, -0.2) is 8.78 Å². The summed E-state index contributed by atoms with van der Waals surface area (Å²) in [6.45, 7) is 0. The average molecular weight is 452 g/mol. The second kappa shape index (κ2) is 8.50. The van der Waals surface area contributed by atoms with E-state index < -0.39 is 22.5 Å².